The van der Waals surface area contributed by atoms with Gasteiger partial charge in [0.2, 0.25) is 0 Å². The summed E-state index contributed by atoms with van der Waals surface area (Å²) in [5, 5.41) is 3.33. The molecule has 0 aliphatic carbocycles. The highest BCUT2D eigenvalue weighted by Gasteiger charge is 2.01. The Morgan fingerprint density at radius 1 is 1.25 bits per heavy atom. The van der Waals surface area contributed by atoms with Crippen molar-refractivity contribution >= 4 is 11.6 Å². The number of halogens is 1. The molecule has 0 aliphatic rings. The Hall–Kier alpha value is 0.170. The molecule has 0 bridgehead atoms. The van der Waals surface area contributed by atoms with Crippen LogP contribution in [-0.4, -0.2) is 45.9 Å². The fourth-order valence-electron chi connectivity index (χ4n) is 0.822. The van der Waals surface area contributed by atoms with Crippen molar-refractivity contribution in [3.63, 3.8) is 0 Å². The van der Waals surface area contributed by atoms with Crippen molar-refractivity contribution < 1.29 is 9.47 Å². The average Bonchev–Trinajstić information content (AvgIpc) is 2.05. The summed E-state index contributed by atoms with van der Waals surface area (Å²) >= 11 is 5.90. The maximum Gasteiger partial charge on any atom is 0.0626 e. The van der Waals surface area contributed by atoms with Gasteiger partial charge in [-0.2, -0.15) is 0 Å². The van der Waals surface area contributed by atoms with Gasteiger partial charge in [0.05, 0.1) is 18.6 Å². The van der Waals surface area contributed by atoms with Crippen molar-refractivity contribution in [3.05, 3.63) is 0 Å². The topological polar surface area (TPSA) is 30.5 Å². The first-order valence-electron chi connectivity index (χ1n) is 4.14. The molecule has 0 spiro atoms. The van der Waals surface area contributed by atoms with Gasteiger partial charge in [0.15, 0.2) is 0 Å². The molecule has 4 heteroatoms. The Morgan fingerprint density at radius 2 is 2.00 bits per heavy atom. The molecule has 1 atom stereocenters. The highest BCUT2D eigenvalue weighted by molar-refractivity contribution is 6.20. The Morgan fingerprint density at radius 3 is 2.58 bits per heavy atom. The van der Waals surface area contributed by atoms with Crippen LogP contribution in [0.25, 0.3) is 0 Å². The summed E-state index contributed by atoms with van der Waals surface area (Å²) in [7, 11) is 3.35. The maximum absolute atomic E-state index is 5.90. The smallest absolute Gasteiger partial charge is 0.0626 e. The van der Waals surface area contributed by atoms with E-state index < -0.39 is 0 Å². The molecule has 0 rings (SSSR count). The van der Waals surface area contributed by atoms with Crippen LogP contribution in [0.5, 0.6) is 0 Å². The number of ether oxygens (including phenoxy) is 2. The lowest BCUT2D eigenvalue weighted by molar-refractivity contribution is 0.191. The second kappa shape index (κ2) is 9.26. The lowest BCUT2D eigenvalue weighted by atomic mass is 10.3. The predicted octanol–water partition coefficient (Wildman–Crippen LogP) is 0.866. The maximum atomic E-state index is 5.90. The first-order valence-corrected chi connectivity index (χ1v) is 4.57. The molecule has 0 aliphatic heterocycles. The third-order valence-electron chi connectivity index (χ3n) is 1.46. The molecule has 0 radical (unpaired) electrons. The summed E-state index contributed by atoms with van der Waals surface area (Å²) < 4.78 is 9.77. The highest BCUT2D eigenvalue weighted by atomic mass is 35.5. The van der Waals surface area contributed by atoms with E-state index in [1.807, 2.05) is 0 Å². The van der Waals surface area contributed by atoms with Gasteiger partial charge in [-0.15, -0.1) is 11.6 Å². The Labute approximate surface area is 79.4 Å². The molecular formula is C8H18ClNO2. The zero-order valence-electron chi connectivity index (χ0n) is 7.81. The standard InChI is InChI=1S/C8H18ClNO2/c1-11-6-5-10-4-3-8(9)7-12-2/h8,10H,3-7H2,1-2H3. The van der Waals surface area contributed by atoms with E-state index in [1.54, 1.807) is 14.2 Å². The first kappa shape index (κ1) is 12.2. The molecular weight excluding hydrogens is 178 g/mol. The van der Waals surface area contributed by atoms with Gasteiger partial charge in [-0.25, -0.2) is 0 Å². The molecule has 0 aromatic heterocycles. The van der Waals surface area contributed by atoms with Crippen molar-refractivity contribution in [1.82, 2.24) is 5.32 Å². The summed E-state index contributed by atoms with van der Waals surface area (Å²) in [4.78, 5) is 0. The molecule has 1 N–H and O–H groups in total. The fraction of sp³-hybridized carbons (Fsp3) is 1.00. The SMILES string of the molecule is COCCNCCC(Cl)COC. The Balaban J connectivity index is 2.97. The van der Waals surface area contributed by atoms with Crippen LogP contribution in [-0.2, 0) is 9.47 Å². The number of methoxy groups -OCH3 is 2. The van der Waals surface area contributed by atoms with Crippen LogP contribution in [0.15, 0.2) is 0 Å². The summed E-state index contributed by atoms with van der Waals surface area (Å²) in [6.07, 6.45) is 0.930. The van der Waals surface area contributed by atoms with Gasteiger partial charge in [-0.1, -0.05) is 0 Å². The van der Waals surface area contributed by atoms with E-state index in [-0.39, 0.29) is 5.38 Å². The Kier molecular flexibility index (Phi) is 9.39. The molecule has 3 nitrogen and oxygen atoms in total. The van der Waals surface area contributed by atoms with Gasteiger partial charge >= 0.3 is 0 Å². The van der Waals surface area contributed by atoms with Crippen LogP contribution < -0.4 is 5.32 Å². The lowest BCUT2D eigenvalue weighted by Gasteiger charge is -2.08. The summed E-state index contributed by atoms with van der Waals surface area (Å²) in [6, 6.07) is 0. The normalized spacial score (nSPS) is 13.2. The molecule has 1 unspecified atom stereocenters. The quantitative estimate of drug-likeness (QED) is 0.461. The molecule has 74 valence electrons. The number of hydrogen-bond acceptors (Lipinski definition) is 3. The van der Waals surface area contributed by atoms with Gasteiger partial charge in [-0.3, -0.25) is 0 Å². The van der Waals surface area contributed by atoms with Crippen LogP contribution >= 0.6 is 11.6 Å². The van der Waals surface area contributed by atoms with Crippen molar-refractivity contribution in [1.29, 1.82) is 0 Å². The van der Waals surface area contributed by atoms with E-state index in [4.69, 9.17) is 21.1 Å². The van der Waals surface area contributed by atoms with E-state index >= 15 is 0 Å². The lowest BCUT2D eigenvalue weighted by Crippen LogP contribution is -2.23. The molecule has 0 fully saturated rings. The van der Waals surface area contributed by atoms with E-state index in [0.717, 1.165) is 26.1 Å². The minimum Gasteiger partial charge on any atom is -0.383 e. The van der Waals surface area contributed by atoms with Crippen LogP contribution in [0.3, 0.4) is 0 Å². The van der Waals surface area contributed by atoms with E-state index in [0.29, 0.717) is 6.61 Å². The van der Waals surface area contributed by atoms with E-state index in [2.05, 4.69) is 5.32 Å². The van der Waals surface area contributed by atoms with Crippen LogP contribution in [0, 0.1) is 0 Å². The van der Waals surface area contributed by atoms with Crippen molar-refractivity contribution in [3.8, 4) is 0 Å². The van der Waals surface area contributed by atoms with Gasteiger partial charge < -0.3 is 14.8 Å². The molecule has 0 heterocycles. The van der Waals surface area contributed by atoms with Crippen LogP contribution in [0.1, 0.15) is 6.42 Å². The zero-order valence-corrected chi connectivity index (χ0v) is 8.56. The van der Waals surface area contributed by atoms with Crippen molar-refractivity contribution in [2.45, 2.75) is 11.8 Å². The second-order valence-corrected chi connectivity index (χ2v) is 3.20. The number of alkyl halides is 1. The summed E-state index contributed by atoms with van der Waals surface area (Å²) in [6.45, 7) is 3.17. The van der Waals surface area contributed by atoms with Crippen molar-refractivity contribution in [2.75, 3.05) is 40.5 Å². The average molecular weight is 196 g/mol. The third kappa shape index (κ3) is 8.27. The summed E-state index contributed by atoms with van der Waals surface area (Å²) in [5.41, 5.74) is 0. The van der Waals surface area contributed by atoms with Crippen molar-refractivity contribution in [2.24, 2.45) is 0 Å². The zero-order chi connectivity index (χ0) is 9.23. The van der Waals surface area contributed by atoms with Gasteiger partial charge in [0.25, 0.3) is 0 Å². The van der Waals surface area contributed by atoms with E-state index in [9.17, 15) is 0 Å². The first-order chi connectivity index (χ1) is 5.81. The number of rotatable bonds is 8. The van der Waals surface area contributed by atoms with Gasteiger partial charge in [0, 0.05) is 20.8 Å². The number of hydrogen-bond donors (Lipinski definition) is 1. The summed E-state index contributed by atoms with van der Waals surface area (Å²) in [5.74, 6) is 0. The fourth-order valence-corrected chi connectivity index (χ4v) is 1.06. The highest BCUT2D eigenvalue weighted by Crippen LogP contribution is 2.00. The minimum absolute atomic E-state index is 0.116. The van der Waals surface area contributed by atoms with E-state index in [1.165, 1.54) is 0 Å². The van der Waals surface area contributed by atoms with Crippen LogP contribution in [0.2, 0.25) is 0 Å². The number of nitrogens with one attached hydrogen (secondary N) is 1. The van der Waals surface area contributed by atoms with Gasteiger partial charge in [0.1, 0.15) is 0 Å². The molecule has 0 saturated heterocycles. The second-order valence-electron chi connectivity index (χ2n) is 2.58. The molecule has 0 amide bonds. The molecule has 0 aromatic carbocycles. The molecule has 0 aromatic rings. The molecule has 12 heavy (non-hydrogen) atoms. The molecule has 0 saturated carbocycles. The predicted molar refractivity (Wildman–Crippen MR) is 50.9 cm³/mol. The Bertz CT molecular complexity index is 93.1. The van der Waals surface area contributed by atoms with Crippen LogP contribution in [0.4, 0.5) is 0 Å². The third-order valence-corrected chi connectivity index (χ3v) is 1.81. The van der Waals surface area contributed by atoms with Gasteiger partial charge in [-0.05, 0) is 13.0 Å². The minimum atomic E-state index is 0.116. The largest absolute Gasteiger partial charge is 0.383 e. The monoisotopic (exact) mass is 195 g/mol.